The number of hydrogen-bond donors (Lipinski definition) is 5. The Bertz CT molecular complexity index is 1160. The number of carbonyl (C=O) groups excluding carboxylic acids is 4. The summed E-state index contributed by atoms with van der Waals surface area (Å²) in [5.41, 5.74) is 1.70. The summed E-state index contributed by atoms with van der Waals surface area (Å²) in [5, 5.41) is 11.4. The van der Waals surface area contributed by atoms with Crippen molar-refractivity contribution in [3.05, 3.63) is 65.7 Å². The van der Waals surface area contributed by atoms with Crippen LogP contribution in [0.15, 0.2) is 54.6 Å². The van der Waals surface area contributed by atoms with Crippen LogP contribution in [0, 0.1) is 0 Å². The van der Waals surface area contributed by atoms with Gasteiger partial charge in [-0.2, -0.15) is 12.6 Å². The zero-order chi connectivity index (χ0) is 31.1. The molecule has 12 heteroatoms. The van der Waals surface area contributed by atoms with E-state index in [1.54, 1.807) is 67.6 Å². The van der Waals surface area contributed by atoms with Crippen molar-refractivity contribution in [2.24, 2.45) is 0 Å². The van der Waals surface area contributed by atoms with E-state index < -0.39 is 27.8 Å². The number of ether oxygens (including phenoxy) is 2. The molecule has 0 aromatic heterocycles. The Hall–Kier alpha value is -2.84. The molecule has 0 radical (unpaired) electrons. The van der Waals surface area contributed by atoms with Crippen LogP contribution in [0.25, 0.3) is 0 Å². The van der Waals surface area contributed by atoms with Crippen molar-refractivity contribution in [3.63, 3.8) is 0 Å². The molecule has 4 N–H and O–H groups in total. The maximum atomic E-state index is 13.4. The van der Waals surface area contributed by atoms with Gasteiger partial charge in [-0.25, -0.2) is 9.59 Å². The average molecular weight is 713 g/mol. The van der Waals surface area contributed by atoms with E-state index in [1.165, 1.54) is 0 Å². The molecule has 3 amide bonds. The molecule has 0 fully saturated rings. The molecular formula is C30H41IN4O6S. The van der Waals surface area contributed by atoms with Crippen LogP contribution in [0.1, 0.15) is 58.1 Å². The molecule has 1 unspecified atom stereocenters. The van der Waals surface area contributed by atoms with Crippen LogP contribution in [0.3, 0.4) is 0 Å². The SMILES string of the molecule is CC(S)N[C@@H](Cc1ccccc1)C(=O)N[C@@H](CCCCNC(=O)OC(C)(C)C)C(=O)Nc1ccc(COC(=O)I)cc1. The minimum absolute atomic E-state index is 0.130. The number of nitrogens with one attached hydrogen (secondary N) is 4. The Balaban J connectivity index is 2.08. The molecule has 10 nitrogen and oxygen atoms in total. The monoisotopic (exact) mass is 712 g/mol. The number of carbonyl (C=O) groups is 4. The lowest BCUT2D eigenvalue weighted by Crippen LogP contribution is -2.53. The van der Waals surface area contributed by atoms with E-state index in [-0.39, 0.29) is 23.8 Å². The molecule has 2 aromatic carbocycles. The Labute approximate surface area is 267 Å². The smallest absolute Gasteiger partial charge is 0.407 e. The summed E-state index contributed by atoms with van der Waals surface area (Å²) in [6.45, 7) is 7.71. The van der Waals surface area contributed by atoms with Gasteiger partial charge in [-0.1, -0.05) is 42.5 Å². The predicted molar refractivity (Wildman–Crippen MR) is 175 cm³/mol. The highest BCUT2D eigenvalue weighted by molar-refractivity contribution is 14.1. The summed E-state index contributed by atoms with van der Waals surface area (Å²) in [4.78, 5) is 49.8. The summed E-state index contributed by atoms with van der Waals surface area (Å²) in [7, 11) is 0. The molecule has 230 valence electrons. The van der Waals surface area contributed by atoms with Crippen LogP contribution in [0.2, 0.25) is 0 Å². The van der Waals surface area contributed by atoms with Crippen molar-refractivity contribution >= 4 is 62.8 Å². The molecule has 0 aliphatic rings. The van der Waals surface area contributed by atoms with Gasteiger partial charge in [0.1, 0.15) is 18.2 Å². The van der Waals surface area contributed by atoms with Crippen molar-refractivity contribution < 1.29 is 28.7 Å². The number of hydrogen-bond acceptors (Lipinski definition) is 8. The van der Waals surface area contributed by atoms with Crippen molar-refractivity contribution in [1.29, 1.82) is 0 Å². The molecule has 2 rings (SSSR count). The molecule has 0 spiro atoms. The number of unbranched alkanes of at least 4 members (excludes halogenated alkanes) is 1. The highest BCUT2D eigenvalue weighted by Gasteiger charge is 2.26. The standard InChI is InChI=1S/C30H41IN4O6S/c1-20(42)33-25(18-21-10-6-5-7-11-21)27(37)35-24(12-8-9-17-32-29(39)41-30(2,3)4)26(36)34-23-15-13-22(14-16-23)19-40-28(31)38/h5-7,10-11,13-16,20,24-25,33,42H,8-9,12,17-19H2,1-4H3,(H,32,39)(H,34,36)(H,35,37)/t20?,24-,25-/m0/s1. The van der Waals surface area contributed by atoms with Gasteiger partial charge < -0.3 is 25.4 Å². The molecule has 0 saturated heterocycles. The van der Waals surface area contributed by atoms with Crippen LogP contribution in [0.5, 0.6) is 0 Å². The first-order valence-corrected chi connectivity index (χ1v) is 15.4. The first-order chi connectivity index (χ1) is 19.8. The first-order valence-electron chi connectivity index (χ1n) is 13.8. The molecule has 0 aliphatic carbocycles. The normalized spacial score (nSPS) is 13.3. The lowest BCUT2D eigenvalue weighted by atomic mass is 10.0. The van der Waals surface area contributed by atoms with E-state index in [1.807, 2.05) is 37.3 Å². The van der Waals surface area contributed by atoms with Crippen LogP contribution in [-0.4, -0.2) is 51.5 Å². The van der Waals surface area contributed by atoms with Crippen molar-refractivity contribution in [2.75, 3.05) is 11.9 Å². The minimum Gasteiger partial charge on any atom is -0.453 e. The summed E-state index contributed by atoms with van der Waals surface area (Å²) in [5.74, 6) is -0.685. The van der Waals surface area contributed by atoms with Gasteiger partial charge in [-0.15, -0.1) is 0 Å². The fraction of sp³-hybridized carbons (Fsp3) is 0.467. The van der Waals surface area contributed by atoms with Crippen molar-refractivity contribution in [3.8, 4) is 0 Å². The zero-order valence-electron chi connectivity index (χ0n) is 24.4. The van der Waals surface area contributed by atoms with Gasteiger partial charge in [0, 0.05) is 17.6 Å². The maximum absolute atomic E-state index is 13.4. The van der Waals surface area contributed by atoms with Gasteiger partial charge in [0.15, 0.2) is 0 Å². The van der Waals surface area contributed by atoms with E-state index in [0.29, 0.717) is 37.9 Å². The van der Waals surface area contributed by atoms with Crippen LogP contribution < -0.4 is 21.3 Å². The summed E-state index contributed by atoms with van der Waals surface area (Å²) in [6, 6.07) is 15.1. The Morgan fingerprint density at radius 1 is 0.905 bits per heavy atom. The number of halogens is 1. The topological polar surface area (TPSA) is 135 Å². The van der Waals surface area contributed by atoms with Crippen LogP contribution in [0.4, 0.5) is 15.3 Å². The Morgan fingerprint density at radius 2 is 1.57 bits per heavy atom. The van der Waals surface area contributed by atoms with Crippen molar-refractivity contribution in [2.45, 2.75) is 83.0 Å². The second-order valence-electron chi connectivity index (χ2n) is 10.8. The van der Waals surface area contributed by atoms with E-state index in [9.17, 15) is 19.2 Å². The largest absolute Gasteiger partial charge is 0.453 e. The van der Waals surface area contributed by atoms with E-state index in [4.69, 9.17) is 9.47 Å². The third kappa shape index (κ3) is 14.9. The van der Waals surface area contributed by atoms with Gasteiger partial charge in [-0.05, 0) is 76.6 Å². The number of anilines is 1. The van der Waals surface area contributed by atoms with E-state index in [0.717, 1.165) is 11.1 Å². The zero-order valence-corrected chi connectivity index (χ0v) is 27.5. The second-order valence-corrected chi connectivity index (χ2v) is 12.4. The summed E-state index contributed by atoms with van der Waals surface area (Å²) >= 11 is 5.97. The Morgan fingerprint density at radius 3 is 2.17 bits per heavy atom. The fourth-order valence-corrected chi connectivity index (χ4v) is 4.28. The number of alkyl carbamates (subject to hydrolysis) is 1. The molecule has 0 aliphatic heterocycles. The van der Waals surface area contributed by atoms with E-state index in [2.05, 4.69) is 33.9 Å². The van der Waals surface area contributed by atoms with Gasteiger partial charge in [0.2, 0.25) is 11.8 Å². The third-order valence-corrected chi connectivity index (χ3v) is 6.30. The van der Waals surface area contributed by atoms with Crippen molar-refractivity contribution in [1.82, 2.24) is 16.0 Å². The van der Waals surface area contributed by atoms with Crippen LogP contribution >= 0.6 is 35.2 Å². The fourth-order valence-electron chi connectivity index (χ4n) is 3.94. The molecule has 2 aromatic rings. The molecule has 0 saturated carbocycles. The second kappa shape index (κ2) is 18.0. The molecular weight excluding hydrogens is 671 g/mol. The number of amides is 3. The average Bonchev–Trinajstić information content (AvgIpc) is 2.90. The summed E-state index contributed by atoms with van der Waals surface area (Å²) < 4.78 is 9.84. The highest BCUT2D eigenvalue weighted by Crippen LogP contribution is 2.14. The quantitative estimate of drug-likeness (QED) is 0.0553. The first kappa shape index (κ1) is 35.4. The Kier molecular flexibility index (Phi) is 15.1. The van der Waals surface area contributed by atoms with Gasteiger partial charge >= 0.3 is 10.1 Å². The molecule has 3 atom stereocenters. The number of thiol groups is 1. The van der Waals surface area contributed by atoms with E-state index >= 15 is 0 Å². The molecule has 0 bridgehead atoms. The lowest BCUT2D eigenvalue weighted by molar-refractivity contribution is -0.128. The lowest BCUT2D eigenvalue weighted by Gasteiger charge is -2.24. The minimum atomic E-state index is -0.825. The maximum Gasteiger partial charge on any atom is 0.407 e. The predicted octanol–water partition coefficient (Wildman–Crippen LogP) is 5.35. The molecule has 0 heterocycles. The molecule has 42 heavy (non-hydrogen) atoms. The third-order valence-electron chi connectivity index (χ3n) is 5.84. The highest BCUT2D eigenvalue weighted by atomic mass is 127. The van der Waals surface area contributed by atoms with Gasteiger partial charge in [0.25, 0.3) is 0 Å². The van der Waals surface area contributed by atoms with Crippen LogP contribution in [-0.2, 0) is 32.1 Å². The summed E-state index contributed by atoms with van der Waals surface area (Å²) in [6.07, 6.45) is 1.43. The number of rotatable bonds is 15. The number of benzene rings is 2. The van der Waals surface area contributed by atoms with Gasteiger partial charge in [0.05, 0.1) is 28.6 Å². The van der Waals surface area contributed by atoms with Gasteiger partial charge in [-0.3, -0.25) is 14.9 Å².